The monoisotopic (exact) mass is 267 g/mol. The molecule has 1 aromatic carbocycles. The number of methoxy groups -OCH3 is 1. The minimum atomic E-state index is -0.773. The van der Waals surface area contributed by atoms with Crippen molar-refractivity contribution < 1.29 is 14.3 Å². The van der Waals surface area contributed by atoms with Crippen molar-refractivity contribution in [1.29, 1.82) is 0 Å². The lowest BCUT2D eigenvalue weighted by atomic mass is 10.1. The molecule has 1 aliphatic rings. The fraction of sp³-hybridized carbons (Fsp3) is 0.308. The van der Waals surface area contributed by atoms with E-state index < -0.39 is 12.3 Å². The van der Waals surface area contributed by atoms with Gasteiger partial charge in [-0.05, 0) is 31.0 Å². The van der Waals surface area contributed by atoms with Gasteiger partial charge in [0.25, 0.3) is 0 Å². The summed E-state index contributed by atoms with van der Waals surface area (Å²) in [7, 11) is 1.46. The zero-order chi connectivity index (χ0) is 13.3. The molecule has 1 N–H and O–H groups in total. The highest BCUT2D eigenvalue weighted by Crippen LogP contribution is 2.29. The Balaban J connectivity index is 2.33. The molecule has 0 bridgehead atoms. The maximum absolute atomic E-state index is 11.4. The number of hydrogen-bond donors (Lipinski definition) is 1. The van der Waals surface area contributed by atoms with Gasteiger partial charge < -0.3 is 14.8 Å². The molecule has 0 fully saturated rings. The molecule has 0 aliphatic carbocycles. The van der Waals surface area contributed by atoms with E-state index in [1.807, 2.05) is 32.0 Å². The van der Waals surface area contributed by atoms with Crippen LogP contribution in [-0.4, -0.2) is 19.4 Å². The van der Waals surface area contributed by atoms with Crippen LogP contribution in [-0.2, 0) is 14.3 Å². The number of esters is 1. The minimum absolute atomic E-state index is 0.0303. The summed E-state index contributed by atoms with van der Waals surface area (Å²) in [5.74, 6) is -0.573. The molecule has 0 aromatic heterocycles. The van der Waals surface area contributed by atoms with E-state index in [9.17, 15) is 4.79 Å². The van der Waals surface area contributed by atoms with Gasteiger partial charge in [-0.1, -0.05) is 23.7 Å². The van der Waals surface area contributed by atoms with Crippen LogP contribution < -0.4 is 5.32 Å². The molecule has 5 heteroatoms. The van der Waals surface area contributed by atoms with Gasteiger partial charge >= 0.3 is 5.97 Å². The van der Waals surface area contributed by atoms with Crippen molar-refractivity contribution in [3.05, 3.63) is 40.1 Å². The van der Waals surface area contributed by atoms with E-state index >= 15 is 0 Å². The topological polar surface area (TPSA) is 47.6 Å². The highest BCUT2D eigenvalue weighted by atomic mass is 35.5. The summed E-state index contributed by atoms with van der Waals surface area (Å²) in [6.07, 6.45) is -0.773. The third-order valence-corrected chi connectivity index (χ3v) is 3.10. The largest absolute Gasteiger partial charge is 0.425 e. The second-order valence-corrected chi connectivity index (χ2v) is 4.52. The maximum Gasteiger partial charge on any atom is 0.354 e. The van der Waals surface area contributed by atoms with Gasteiger partial charge in [-0.15, -0.1) is 0 Å². The van der Waals surface area contributed by atoms with E-state index in [1.54, 1.807) is 0 Å². The molecule has 4 nitrogen and oxygen atoms in total. The summed E-state index contributed by atoms with van der Waals surface area (Å²) >= 11 is 5.91. The number of ether oxygens (including phenoxy) is 2. The Bertz CT molecular complexity index is 525. The molecule has 0 spiro atoms. The number of nitrogens with one attached hydrogen (secondary N) is 1. The van der Waals surface area contributed by atoms with Gasteiger partial charge in [0.05, 0.1) is 0 Å². The molecule has 18 heavy (non-hydrogen) atoms. The van der Waals surface area contributed by atoms with E-state index in [2.05, 4.69) is 5.32 Å². The summed E-state index contributed by atoms with van der Waals surface area (Å²) < 4.78 is 10.0. The quantitative estimate of drug-likeness (QED) is 0.856. The Morgan fingerprint density at radius 2 is 2.11 bits per heavy atom. The molecule has 0 amide bonds. The van der Waals surface area contributed by atoms with E-state index in [-0.39, 0.29) is 5.03 Å². The summed E-state index contributed by atoms with van der Waals surface area (Å²) in [6, 6.07) is 5.98. The number of aryl methyl sites for hydroxylation is 2. The van der Waals surface area contributed by atoms with E-state index in [0.29, 0.717) is 5.70 Å². The SMILES string of the molecule is CO[C@H]1OC(=O)C(Cl)=C1Nc1cc(C)ccc1C. The van der Waals surface area contributed by atoms with Gasteiger partial charge in [0.15, 0.2) is 5.03 Å². The van der Waals surface area contributed by atoms with Crippen molar-refractivity contribution in [3.8, 4) is 0 Å². The molecule has 0 radical (unpaired) electrons. The Hall–Kier alpha value is -1.52. The van der Waals surface area contributed by atoms with Crippen molar-refractivity contribution >= 4 is 23.3 Å². The fourth-order valence-electron chi connectivity index (χ4n) is 1.72. The number of hydrogen-bond acceptors (Lipinski definition) is 4. The normalized spacial score (nSPS) is 19.1. The van der Waals surface area contributed by atoms with Crippen LogP contribution in [0.3, 0.4) is 0 Å². The predicted octanol–water partition coefficient (Wildman–Crippen LogP) is 2.70. The first kappa shape index (κ1) is 12.9. The molecule has 1 aliphatic heterocycles. The molecule has 0 saturated carbocycles. The van der Waals surface area contributed by atoms with Crippen LogP contribution in [0.5, 0.6) is 0 Å². The molecular weight excluding hydrogens is 254 g/mol. The van der Waals surface area contributed by atoms with E-state index in [4.69, 9.17) is 21.1 Å². The van der Waals surface area contributed by atoms with E-state index in [0.717, 1.165) is 16.8 Å². The minimum Gasteiger partial charge on any atom is -0.425 e. The van der Waals surface area contributed by atoms with Gasteiger partial charge in [-0.3, -0.25) is 0 Å². The van der Waals surface area contributed by atoms with Crippen molar-refractivity contribution in [3.63, 3.8) is 0 Å². The number of carbonyl (C=O) groups excluding carboxylic acids is 1. The zero-order valence-corrected chi connectivity index (χ0v) is 11.2. The van der Waals surface area contributed by atoms with Gasteiger partial charge in [-0.2, -0.15) is 0 Å². The first-order valence-corrected chi connectivity index (χ1v) is 5.88. The first-order valence-electron chi connectivity index (χ1n) is 5.50. The number of halogens is 1. The Morgan fingerprint density at radius 3 is 2.78 bits per heavy atom. The molecule has 0 unspecified atom stereocenters. The van der Waals surface area contributed by atoms with Crippen LogP contribution in [0.4, 0.5) is 5.69 Å². The van der Waals surface area contributed by atoms with Crippen molar-refractivity contribution in [1.82, 2.24) is 0 Å². The van der Waals surface area contributed by atoms with Gasteiger partial charge in [-0.25, -0.2) is 4.79 Å². The maximum atomic E-state index is 11.4. The number of benzene rings is 1. The van der Waals surface area contributed by atoms with Crippen molar-refractivity contribution in [2.75, 3.05) is 12.4 Å². The summed E-state index contributed by atoms with van der Waals surface area (Å²) in [4.78, 5) is 11.4. The number of cyclic esters (lactones) is 1. The second kappa shape index (κ2) is 5.00. The molecule has 1 heterocycles. The van der Waals surface area contributed by atoms with Crippen molar-refractivity contribution in [2.45, 2.75) is 20.1 Å². The highest BCUT2D eigenvalue weighted by Gasteiger charge is 2.33. The average Bonchev–Trinajstić information content (AvgIpc) is 2.61. The fourth-order valence-corrected chi connectivity index (χ4v) is 1.90. The Morgan fingerprint density at radius 1 is 1.39 bits per heavy atom. The van der Waals surface area contributed by atoms with Crippen LogP contribution in [0.25, 0.3) is 0 Å². The third-order valence-electron chi connectivity index (χ3n) is 2.74. The second-order valence-electron chi connectivity index (χ2n) is 4.14. The standard InChI is InChI=1S/C13H14ClNO3/c1-7-4-5-8(2)9(6-7)15-11-10(14)12(16)18-13(11)17-3/h4-6,13,15H,1-3H3/t13-/m0/s1. The van der Waals surface area contributed by atoms with Crippen LogP contribution in [0.15, 0.2) is 28.9 Å². The summed E-state index contributed by atoms with van der Waals surface area (Å²) in [5, 5.41) is 3.14. The Labute approximate surface area is 111 Å². The van der Waals surface area contributed by atoms with Crippen molar-refractivity contribution in [2.24, 2.45) is 0 Å². The lowest BCUT2D eigenvalue weighted by molar-refractivity contribution is -0.155. The van der Waals surface area contributed by atoms with Crippen LogP contribution in [0.2, 0.25) is 0 Å². The molecule has 96 valence electrons. The summed E-state index contributed by atoms with van der Waals surface area (Å²) in [6.45, 7) is 3.96. The van der Waals surface area contributed by atoms with Gasteiger partial charge in [0.2, 0.25) is 6.29 Å². The molecular formula is C13H14ClNO3. The van der Waals surface area contributed by atoms with Gasteiger partial charge in [0.1, 0.15) is 5.70 Å². The molecule has 2 rings (SSSR count). The average molecular weight is 268 g/mol. The lowest BCUT2D eigenvalue weighted by Gasteiger charge is -2.15. The summed E-state index contributed by atoms with van der Waals surface area (Å²) in [5.41, 5.74) is 3.48. The van der Waals surface area contributed by atoms with E-state index in [1.165, 1.54) is 7.11 Å². The van der Waals surface area contributed by atoms with Crippen LogP contribution >= 0.6 is 11.6 Å². The number of rotatable bonds is 3. The predicted molar refractivity (Wildman–Crippen MR) is 69.3 cm³/mol. The molecule has 1 atom stereocenters. The Kier molecular flexibility index (Phi) is 3.59. The van der Waals surface area contributed by atoms with Gasteiger partial charge in [0, 0.05) is 12.8 Å². The molecule has 1 aromatic rings. The number of anilines is 1. The number of carbonyl (C=O) groups is 1. The first-order chi connectivity index (χ1) is 8.52. The zero-order valence-electron chi connectivity index (χ0n) is 10.4. The third kappa shape index (κ3) is 2.35. The molecule has 0 saturated heterocycles. The van der Waals surface area contributed by atoms with Crippen LogP contribution in [0.1, 0.15) is 11.1 Å². The van der Waals surface area contributed by atoms with Crippen LogP contribution in [0, 0.1) is 13.8 Å². The lowest BCUT2D eigenvalue weighted by Crippen LogP contribution is -2.18. The highest BCUT2D eigenvalue weighted by molar-refractivity contribution is 6.42. The smallest absolute Gasteiger partial charge is 0.354 e.